The first-order valence-electron chi connectivity index (χ1n) is 14.4. The molecule has 1 aliphatic rings. The van der Waals surface area contributed by atoms with Gasteiger partial charge in [0.1, 0.15) is 24.7 Å². The first kappa shape index (κ1) is 29.7. The maximum Gasteiger partial charge on any atom is 0.343 e. The molecule has 9 heteroatoms. The summed E-state index contributed by atoms with van der Waals surface area (Å²) >= 11 is 1.26. The van der Waals surface area contributed by atoms with Crippen molar-refractivity contribution in [1.82, 2.24) is 4.57 Å². The van der Waals surface area contributed by atoms with Crippen molar-refractivity contribution in [3.63, 3.8) is 0 Å². The molecule has 0 radical (unpaired) electrons. The fraction of sp³-hybridized carbons (Fsp3) is 0.139. The topological polar surface area (TPSA) is 88.4 Å². The van der Waals surface area contributed by atoms with Crippen LogP contribution in [0.5, 0.6) is 23.0 Å². The molecule has 6 rings (SSSR count). The molecule has 2 heterocycles. The van der Waals surface area contributed by atoms with Gasteiger partial charge in [0, 0.05) is 0 Å². The zero-order valence-electron chi connectivity index (χ0n) is 24.7. The first-order valence-corrected chi connectivity index (χ1v) is 15.2. The molecule has 0 bridgehead atoms. The van der Waals surface area contributed by atoms with Crippen LogP contribution in [-0.4, -0.2) is 30.9 Å². The number of aromatic nitrogens is 1. The van der Waals surface area contributed by atoms with Gasteiger partial charge in [-0.3, -0.25) is 9.36 Å². The van der Waals surface area contributed by atoms with Crippen molar-refractivity contribution < 1.29 is 23.7 Å². The second-order valence-electron chi connectivity index (χ2n) is 10.1. The van der Waals surface area contributed by atoms with Crippen LogP contribution in [0.25, 0.3) is 6.08 Å². The van der Waals surface area contributed by atoms with Crippen LogP contribution in [0, 0.1) is 0 Å². The minimum Gasteiger partial charge on any atom is -0.493 e. The largest absolute Gasteiger partial charge is 0.493 e. The number of ether oxygens (including phenoxy) is 4. The Morgan fingerprint density at radius 3 is 2.18 bits per heavy atom. The second kappa shape index (κ2) is 13.5. The standard InChI is InChI=1S/C36H30N2O6S/c1-24-32(35(40)44-28-16-10-5-11-17-28)33(26-12-6-3-7-13-26)38-34(39)31(45-36(38)37-24)23-25-18-19-29(30(22-25)41-2)43-21-20-42-27-14-8-4-9-15-27/h3-19,22-23,33H,20-21H2,1-2H3/b31-23-/t33-/m0/s1. The molecular weight excluding hydrogens is 588 g/mol. The Morgan fingerprint density at radius 1 is 0.844 bits per heavy atom. The van der Waals surface area contributed by atoms with Crippen LogP contribution in [0.4, 0.5) is 0 Å². The molecule has 8 nitrogen and oxygen atoms in total. The summed E-state index contributed by atoms with van der Waals surface area (Å²) in [5.74, 6) is 1.72. The molecule has 1 aliphatic heterocycles. The number of hydrogen-bond acceptors (Lipinski definition) is 8. The highest BCUT2D eigenvalue weighted by Gasteiger charge is 2.33. The molecule has 4 aromatic carbocycles. The number of carbonyl (C=O) groups is 1. The molecule has 0 saturated carbocycles. The highest BCUT2D eigenvalue weighted by molar-refractivity contribution is 7.07. The van der Waals surface area contributed by atoms with E-state index in [4.69, 9.17) is 18.9 Å². The van der Waals surface area contributed by atoms with Gasteiger partial charge in [-0.1, -0.05) is 84.1 Å². The molecule has 226 valence electrons. The van der Waals surface area contributed by atoms with E-state index in [0.717, 1.165) is 16.9 Å². The summed E-state index contributed by atoms with van der Waals surface area (Å²) in [7, 11) is 1.57. The summed E-state index contributed by atoms with van der Waals surface area (Å²) in [6.45, 7) is 2.47. The summed E-state index contributed by atoms with van der Waals surface area (Å²) in [4.78, 5) is 32.7. The monoisotopic (exact) mass is 618 g/mol. The Balaban J connectivity index is 1.30. The lowest BCUT2D eigenvalue weighted by Crippen LogP contribution is -2.40. The SMILES string of the molecule is COc1cc(/C=c2\sc3n(c2=O)[C@@H](c2ccccc2)C(C(=O)Oc2ccccc2)=C(C)N=3)ccc1OCCOc1ccccc1. The van der Waals surface area contributed by atoms with Crippen molar-refractivity contribution in [3.8, 4) is 23.0 Å². The number of nitrogens with zero attached hydrogens (tertiary/aromatic N) is 2. The number of para-hydroxylation sites is 2. The summed E-state index contributed by atoms with van der Waals surface area (Å²) in [6.07, 6.45) is 1.79. The minimum atomic E-state index is -0.704. The fourth-order valence-electron chi connectivity index (χ4n) is 5.06. The zero-order valence-corrected chi connectivity index (χ0v) is 25.5. The van der Waals surface area contributed by atoms with E-state index in [0.29, 0.717) is 51.1 Å². The van der Waals surface area contributed by atoms with Gasteiger partial charge in [0.05, 0.1) is 29.0 Å². The Labute approximate surface area is 263 Å². The van der Waals surface area contributed by atoms with Crippen LogP contribution in [0.3, 0.4) is 0 Å². The van der Waals surface area contributed by atoms with Crippen LogP contribution >= 0.6 is 11.3 Å². The van der Waals surface area contributed by atoms with Gasteiger partial charge in [0.2, 0.25) is 0 Å². The van der Waals surface area contributed by atoms with Gasteiger partial charge in [0.25, 0.3) is 5.56 Å². The number of allylic oxidation sites excluding steroid dienone is 1. The maximum absolute atomic E-state index is 14.0. The number of benzene rings is 4. The minimum absolute atomic E-state index is 0.262. The predicted octanol–water partition coefficient (Wildman–Crippen LogP) is 5.31. The van der Waals surface area contributed by atoms with Gasteiger partial charge in [-0.05, 0) is 60.5 Å². The van der Waals surface area contributed by atoms with Gasteiger partial charge in [-0.2, -0.15) is 0 Å². The fourth-order valence-corrected chi connectivity index (χ4v) is 6.10. The molecule has 0 N–H and O–H groups in total. The van der Waals surface area contributed by atoms with Crippen molar-refractivity contribution >= 4 is 23.4 Å². The lowest BCUT2D eigenvalue weighted by Gasteiger charge is -2.24. The Bertz CT molecular complexity index is 2020. The normalized spacial score (nSPS) is 14.4. The lowest BCUT2D eigenvalue weighted by atomic mass is 9.96. The summed E-state index contributed by atoms with van der Waals surface area (Å²) in [5, 5.41) is 0. The van der Waals surface area contributed by atoms with Crippen LogP contribution in [0.1, 0.15) is 24.1 Å². The van der Waals surface area contributed by atoms with E-state index in [9.17, 15) is 9.59 Å². The summed E-state index contributed by atoms with van der Waals surface area (Å²) < 4.78 is 25.0. The van der Waals surface area contributed by atoms with Crippen molar-refractivity contribution in [1.29, 1.82) is 0 Å². The maximum atomic E-state index is 14.0. The number of methoxy groups -OCH3 is 1. The molecule has 0 unspecified atom stereocenters. The average molecular weight is 619 g/mol. The predicted molar refractivity (Wildman–Crippen MR) is 173 cm³/mol. The molecule has 5 aromatic rings. The van der Waals surface area contributed by atoms with Crippen molar-refractivity contribution in [2.45, 2.75) is 13.0 Å². The lowest BCUT2D eigenvalue weighted by molar-refractivity contribution is -0.130. The number of rotatable bonds is 10. The van der Waals surface area contributed by atoms with E-state index >= 15 is 0 Å². The van der Waals surface area contributed by atoms with Crippen LogP contribution in [-0.2, 0) is 4.79 Å². The van der Waals surface area contributed by atoms with E-state index in [1.54, 1.807) is 55.0 Å². The third-order valence-electron chi connectivity index (χ3n) is 7.15. The second-order valence-corrected chi connectivity index (χ2v) is 11.1. The third-order valence-corrected chi connectivity index (χ3v) is 8.13. The molecule has 1 atom stereocenters. The number of carbonyl (C=O) groups excluding carboxylic acids is 1. The molecule has 0 spiro atoms. The molecule has 0 saturated heterocycles. The van der Waals surface area contributed by atoms with Crippen LogP contribution < -0.4 is 33.8 Å². The van der Waals surface area contributed by atoms with Crippen LogP contribution in [0.2, 0.25) is 0 Å². The molecular formula is C36H30N2O6S. The zero-order chi connectivity index (χ0) is 31.2. The van der Waals surface area contributed by atoms with Crippen molar-refractivity contribution in [3.05, 3.63) is 151 Å². The van der Waals surface area contributed by atoms with E-state index in [2.05, 4.69) is 4.99 Å². The Morgan fingerprint density at radius 2 is 1.49 bits per heavy atom. The van der Waals surface area contributed by atoms with E-state index < -0.39 is 12.0 Å². The highest BCUT2D eigenvalue weighted by atomic mass is 32.1. The number of fused-ring (bicyclic) bond motifs is 1. The van der Waals surface area contributed by atoms with Crippen LogP contribution in [0.15, 0.2) is 130 Å². The summed E-state index contributed by atoms with van der Waals surface area (Å²) in [6, 6.07) is 32.6. The van der Waals surface area contributed by atoms with Gasteiger partial charge in [0.15, 0.2) is 16.3 Å². The van der Waals surface area contributed by atoms with Crippen molar-refractivity contribution in [2.24, 2.45) is 4.99 Å². The van der Waals surface area contributed by atoms with Gasteiger partial charge < -0.3 is 18.9 Å². The molecule has 0 amide bonds. The molecule has 1 aromatic heterocycles. The smallest absolute Gasteiger partial charge is 0.343 e. The van der Waals surface area contributed by atoms with E-state index in [-0.39, 0.29) is 5.56 Å². The molecule has 45 heavy (non-hydrogen) atoms. The van der Waals surface area contributed by atoms with Gasteiger partial charge >= 0.3 is 5.97 Å². The Kier molecular flexibility index (Phi) is 8.89. The number of thiazole rings is 1. The highest BCUT2D eigenvalue weighted by Crippen LogP contribution is 2.31. The molecule has 0 fully saturated rings. The van der Waals surface area contributed by atoms with E-state index in [1.807, 2.05) is 78.9 Å². The average Bonchev–Trinajstić information content (AvgIpc) is 3.37. The van der Waals surface area contributed by atoms with Crippen molar-refractivity contribution in [2.75, 3.05) is 20.3 Å². The van der Waals surface area contributed by atoms with Gasteiger partial charge in [-0.25, -0.2) is 9.79 Å². The Hall–Kier alpha value is -5.41. The third kappa shape index (κ3) is 6.58. The number of hydrogen-bond donors (Lipinski definition) is 0. The van der Waals surface area contributed by atoms with E-state index in [1.165, 1.54) is 11.3 Å². The first-order chi connectivity index (χ1) is 22.0. The summed E-state index contributed by atoms with van der Waals surface area (Å²) in [5.41, 5.74) is 2.07. The molecule has 0 aliphatic carbocycles. The number of esters is 1. The van der Waals surface area contributed by atoms with Gasteiger partial charge in [-0.15, -0.1) is 0 Å². The quantitative estimate of drug-likeness (QED) is 0.120.